The molecule has 1 saturated carbocycles. The van der Waals surface area contributed by atoms with E-state index in [0.29, 0.717) is 5.91 Å². The Bertz CT molecular complexity index is 656. The van der Waals surface area contributed by atoms with Gasteiger partial charge < -0.3 is 4.90 Å². The van der Waals surface area contributed by atoms with Crippen LogP contribution in [-0.4, -0.2) is 36.2 Å². The number of hydrogen-bond acceptors (Lipinski definition) is 2. The molecule has 3 rings (SSSR count). The van der Waals surface area contributed by atoms with Crippen molar-refractivity contribution in [3.05, 3.63) is 35.9 Å². The fourth-order valence-corrected chi connectivity index (χ4v) is 5.18. The topological polar surface area (TPSA) is 32.7 Å². The van der Waals surface area contributed by atoms with Gasteiger partial charge in [-0.15, -0.1) is 0 Å². The summed E-state index contributed by atoms with van der Waals surface area (Å²) in [6.07, 6.45) is 9.63. The highest BCUT2D eigenvalue weighted by Crippen LogP contribution is 2.39. The van der Waals surface area contributed by atoms with Gasteiger partial charge in [0.15, 0.2) is 0 Å². The molecule has 0 aromatic heterocycles. The molecule has 2 fully saturated rings. The van der Waals surface area contributed by atoms with Gasteiger partial charge in [0.2, 0.25) is 5.91 Å². The number of carbonyl (C=O) groups excluding carboxylic acids is 1. The van der Waals surface area contributed by atoms with E-state index < -0.39 is 0 Å². The number of nitrogens with zero attached hydrogens (tertiary/aromatic N) is 2. The van der Waals surface area contributed by atoms with Crippen LogP contribution in [0.5, 0.6) is 0 Å². The summed E-state index contributed by atoms with van der Waals surface area (Å²) in [5.74, 6) is 1.13. The maximum atomic E-state index is 12.4. The second kappa shape index (κ2) is 9.71. The first-order valence-corrected chi connectivity index (χ1v) is 11.4. The SMILES string of the molecule is CCCC1CCCC1=NCCC1(c2ccccc2)CCN(C(=O)C(C)C)CC1. The number of aliphatic imine (C=N–C) groups is 1. The normalized spacial score (nSPS) is 23.5. The third-order valence-electron chi connectivity index (χ3n) is 6.91. The van der Waals surface area contributed by atoms with Gasteiger partial charge in [-0.25, -0.2) is 0 Å². The van der Waals surface area contributed by atoms with E-state index in [9.17, 15) is 4.79 Å². The highest BCUT2D eigenvalue weighted by molar-refractivity contribution is 5.88. The molecule has 1 saturated heterocycles. The van der Waals surface area contributed by atoms with Crippen LogP contribution < -0.4 is 0 Å². The lowest BCUT2D eigenvalue weighted by molar-refractivity contribution is -0.136. The maximum Gasteiger partial charge on any atom is 0.225 e. The average molecular weight is 383 g/mol. The van der Waals surface area contributed by atoms with Gasteiger partial charge in [-0.2, -0.15) is 0 Å². The molecule has 28 heavy (non-hydrogen) atoms. The highest BCUT2D eigenvalue weighted by atomic mass is 16.2. The Hall–Kier alpha value is -1.64. The largest absolute Gasteiger partial charge is 0.342 e. The average Bonchev–Trinajstić information content (AvgIpc) is 3.16. The molecular formula is C25H38N2O. The van der Waals surface area contributed by atoms with Gasteiger partial charge in [0.25, 0.3) is 0 Å². The minimum atomic E-state index is 0.0912. The molecule has 0 bridgehead atoms. The number of likely N-dealkylation sites (tertiary alicyclic amines) is 1. The van der Waals surface area contributed by atoms with E-state index in [4.69, 9.17) is 4.99 Å². The van der Waals surface area contributed by atoms with E-state index in [1.54, 1.807) is 0 Å². The van der Waals surface area contributed by atoms with Gasteiger partial charge in [-0.3, -0.25) is 9.79 Å². The lowest BCUT2D eigenvalue weighted by Gasteiger charge is -2.43. The van der Waals surface area contributed by atoms with Gasteiger partial charge >= 0.3 is 0 Å². The van der Waals surface area contributed by atoms with Crippen molar-refractivity contribution in [1.29, 1.82) is 0 Å². The summed E-state index contributed by atoms with van der Waals surface area (Å²) in [5, 5.41) is 0. The molecule has 2 aliphatic rings. The van der Waals surface area contributed by atoms with E-state index in [2.05, 4.69) is 42.2 Å². The van der Waals surface area contributed by atoms with Crippen molar-refractivity contribution in [3.63, 3.8) is 0 Å². The lowest BCUT2D eigenvalue weighted by Crippen LogP contribution is -2.46. The Balaban J connectivity index is 1.70. The van der Waals surface area contributed by atoms with Crippen LogP contribution in [0.25, 0.3) is 0 Å². The molecule has 1 atom stereocenters. The zero-order valence-corrected chi connectivity index (χ0v) is 18.1. The van der Waals surface area contributed by atoms with Crippen molar-refractivity contribution in [2.75, 3.05) is 19.6 Å². The number of hydrogen-bond donors (Lipinski definition) is 0. The van der Waals surface area contributed by atoms with E-state index in [1.807, 2.05) is 13.8 Å². The van der Waals surface area contributed by atoms with Crippen LogP contribution in [0.1, 0.15) is 77.7 Å². The first-order chi connectivity index (χ1) is 13.6. The van der Waals surface area contributed by atoms with Crippen LogP contribution in [0, 0.1) is 11.8 Å². The Labute approximate surface area is 171 Å². The minimum absolute atomic E-state index is 0.0912. The molecule has 0 radical (unpaired) electrons. The molecular weight excluding hydrogens is 344 g/mol. The molecule has 1 aliphatic heterocycles. The standard InChI is InChI=1S/C25H38N2O/c1-4-9-21-10-8-13-23(21)26-17-14-25(22-11-6-5-7-12-22)15-18-27(19-16-25)24(28)20(2)3/h5-7,11-12,20-21H,4,8-10,13-19H2,1-3H3. The zero-order chi connectivity index (χ0) is 20.0. The fourth-order valence-electron chi connectivity index (χ4n) is 5.18. The van der Waals surface area contributed by atoms with Crippen molar-refractivity contribution in [1.82, 2.24) is 4.90 Å². The minimum Gasteiger partial charge on any atom is -0.342 e. The van der Waals surface area contributed by atoms with E-state index in [1.165, 1.54) is 43.4 Å². The van der Waals surface area contributed by atoms with Crippen LogP contribution in [0.15, 0.2) is 35.3 Å². The molecule has 1 aliphatic carbocycles. The van der Waals surface area contributed by atoms with Gasteiger partial charge in [-0.1, -0.05) is 57.5 Å². The van der Waals surface area contributed by atoms with Gasteiger partial charge in [0, 0.05) is 36.7 Å². The van der Waals surface area contributed by atoms with Crippen molar-refractivity contribution < 1.29 is 4.79 Å². The third-order valence-corrected chi connectivity index (χ3v) is 6.91. The van der Waals surface area contributed by atoms with E-state index in [0.717, 1.165) is 44.8 Å². The highest BCUT2D eigenvalue weighted by Gasteiger charge is 2.37. The van der Waals surface area contributed by atoms with Crippen LogP contribution in [-0.2, 0) is 10.2 Å². The molecule has 0 N–H and O–H groups in total. The van der Waals surface area contributed by atoms with Crippen molar-refractivity contribution in [2.24, 2.45) is 16.8 Å². The summed E-state index contributed by atoms with van der Waals surface area (Å²) in [4.78, 5) is 19.6. The van der Waals surface area contributed by atoms with Crippen LogP contribution in [0.2, 0.25) is 0 Å². The number of amides is 1. The van der Waals surface area contributed by atoms with Gasteiger partial charge in [0.1, 0.15) is 0 Å². The lowest BCUT2D eigenvalue weighted by atomic mass is 9.70. The number of carbonyl (C=O) groups is 1. The summed E-state index contributed by atoms with van der Waals surface area (Å²) in [7, 11) is 0. The van der Waals surface area contributed by atoms with Crippen LogP contribution in [0.4, 0.5) is 0 Å². The molecule has 3 heteroatoms. The number of piperidine rings is 1. The Morgan fingerprint density at radius 2 is 1.93 bits per heavy atom. The first-order valence-electron chi connectivity index (χ1n) is 11.4. The number of rotatable bonds is 7. The third kappa shape index (κ3) is 4.85. The predicted octanol–water partition coefficient (Wildman–Crippen LogP) is 5.63. The summed E-state index contributed by atoms with van der Waals surface area (Å²) in [6.45, 7) is 8.98. The monoisotopic (exact) mass is 382 g/mol. The molecule has 3 nitrogen and oxygen atoms in total. The first kappa shape index (κ1) is 21.1. The smallest absolute Gasteiger partial charge is 0.225 e. The number of benzene rings is 1. The fraction of sp³-hybridized carbons (Fsp3) is 0.680. The maximum absolute atomic E-state index is 12.4. The molecule has 1 unspecified atom stereocenters. The predicted molar refractivity (Wildman–Crippen MR) is 118 cm³/mol. The molecule has 0 spiro atoms. The van der Waals surface area contributed by atoms with Crippen molar-refractivity contribution >= 4 is 11.6 Å². The van der Waals surface area contributed by atoms with E-state index >= 15 is 0 Å². The molecule has 1 aromatic rings. The molecule has 1 heterocycles. The second-order valence-corrected chi connectivity index (χ2v) is 9.13. The molecule has 1 amide bonds. The summed E-state index contributed by atoms with van der Waals surface area (Å²) < 4.78 is 0. The Morgan fingerprint density at radius 3 is 2.57 bits per heavy atom. The summed E-state index contributed by atoms with van der Waals surface area (Å²) >= 11 is 0. The second-order valence-electron chi connectivity index (χ2n) is 9.13. The van der Waals surface area contributed by atoms with Crippen molar-refractivity contribution in [2.45, 2.75) is 77.6 Å². The van der Waals surface area contributed by atoms with Crippen LogP contribution >= 0.6 is 0 Å². The summed E-state index contributed by atoms with van der Waals surface area (Å²) in [5.41, 5.74) is 3.08. The molecule has 1 aromatic carbocycles. The van der Waals surface area contributed by atoms with Gasteiger partial charge in [0.05, 0.1) is 0 Å². The van der Waals surface area contributed by atoms with Crippen LogP contribution in [0.3, 0.4) is 0 Å². The van der Waals surface area contributed by atoms with Crippen molar-refractivity contribution in [3.8, 4) is 0 Å². The van der Waals surface area contributed by atoms with Gasteiger partial charge in [-0.05, 0) is 56.4 Å². The Morgan fingerprint density at radius 1 is 1.21 bits per heavy atom. The summed E-state index contributed by atoms with van der Waals surface area (Å²) in [6, 6.07) is 11.0. The zero-order valence-electron chi connectivity index (χ0n) is 18.1. The quantitative estimate of drug-likeness (QED) is 0.601. The van der Waals surface area contributed by atoms with E-state index in [-0.39, 0.29) is 11.3 Å². The molecule has 154 valence electrons. The Kier molecular flexibility index (Phi) is 7.31.